The first-order valence-corrected chi connectivity index (χ1v) is 15.8. The molecule has 10 heteroatoms. The van der Waals surface area contributed by atoms with Crippen molar-refractivity contribution in [3.05, 3.63) is 100 Å². The summed E-state index contributed by atoms with van der Waals surface area (Å²) >= 11 is 6.28. The van der Waals surface area contributed by atoms with Crippen LogP contribution in [0.5, 0.6) is 0 Å². The third-order valence-electron chi connectivity index (χ3n) is 7.17. The molecule has 3 aromatic carbocycles. The molecule has 2 atom stereocenters. The maximum Gasteiger partial charge on any atom is 0.304 e. The van der Waals surface area contributed by atoms with Crippen LogP contribution in [-0.4, -0.2) is 62.2 Å². The molecular weight excluding hydrogens is 572 g/mol. The standard InChI is InChI=1S/C32H41ClN4O4S/c1-7-25(4)34-32(39)30(20-26-12-9-8-10-13-26)36(21-27-14-11-15-28(33)19-27)31(38)22-37(42(40,41)35(5)6)29-18-23(2)16-17-24(29)3/h8-19,25,30H,7,20-22H2,1-6H3,(H,34,39). The van der Waals surface area contributed by atoms with Gasteiger partial charge in [-0.3, -0.25) is 9.59 Å². The third kappa shape index (κ3) is 8.56. The first-order chi connectivity index (χ1) is 19.8. The quantitative estimate of drug-likeness (QED) is 0.290. The zero-order chi connectivity index (χ0) is 31.0. The first-order valence-electron chi connectivity index (χ1n) is 14.0. The van der Waals surface area contributed by atoms with Crippen LogP contribution in [0.25, 0.3) is 0 Å². The van der Waals surface area contributed by atoms with Crippen molar-refractivity contribution in [2.45, 2.75) is 59.2 Å². The molecule has 226 valence electrons. The number of hydrogen-bond acceptors (Lipinski definition) is 4. The molecule has 0 radical (unpaired) electrons. The molecule has 0 aromatic heterocycles. The molecule has 0 aliphatic heterocycles. The van der Waals surface area contributed by atoms with E-state index >= 15 is 0 Å². The number of amides is 2. The van der Waals surface area contributed by atoms with Crippen molar-refractivity contribution in [2.75, 3.05) is 24.9 Å². The Morgan fingerprint density at radius 2 is 1.60 bits per heavy atom. The Morgan fingerprint density at radius 1 is 0.929 bits per heavy atom. The summed E-state index contributed by atoms with van der Waals surface area (Å²) in [7, 11) is -1.21. The number of rotatable bonds is 13. The van der Waals surface area contributed by atoms with E-state index in [-0.39, 0.29) is 24.9 Å². The van der Waals surface area contributed by atoms with Crippen molar-refractivity contribution < 1.29 is 18.0 Å². The Balaban J connectivity index is 2.13. The highest BCUT2D eigenvalue weighted by atomic mass is 35.5. The number of nitrogens with zero attached hydrogens (tertiary/aromatic N) is 3. The largest absolute Gasteiger partial charge is 0.352 e. The van der Waals surface area contributed by atoms with Crippen LogP contribution in [0.4, 0.5) is 5.69 Å². The van der Waals surface area contributed by atoms with Gasteiger partial charge in [-0.05, 0) is 67.6 Å². The fourth-order valence-corrected chi connectivity index (χ4v) is 5.84. The first kappa shape index (κ1) is 33.1. The lowest BCUT2D eigenvalue weighted by Gasteiger charge is -2.35. The highest BCUT2D eigenvalue weighted by Crippen LogP contribution is 2.26. The molecule has 8 nitrogen and oxygen atoms in total. The molecule has 42 heavy (non-hydrogen) atoms. The second-order valence-electron chi connectivity index (χ2n) is 10.8. The summed E-state index contributed by atoms with van der Waals surface area (Å²) in [5, 5.41) is 3.53. The Hall–Kier alpha value is -3.40. The van der Waals surface area contributed by atoms with Gasteiger partial charge in [-0.2, -0.15) is 12.7 Å². The van der Waals surface area contributed by atoms with Gasteiger partial charge in [0, 0.05) is 38.1 Å². The Kier molecular flexibility index (Phi) is 11.6. The van der Waals surface area contributed by atoms with Crippen molar-refractivity contribution in [1.82, 2.24) is 14.5 Å². The van der Waals surface area contributed by atoms with Gasteiger partial charge in [0.05, 0.1) is 5.69 Å². The predicted octanol–water partition coefficient (Wildman–Crippen LogP) is 5.12. The van der Waals surface area contributed by atoms with Crippen LogP contribution in [0.2, 0.25) is 5.02 Å². The van der Waals surface area contributed by atoms with E-state index in [0.717, 1.165) is 25.3 Å². The summed E-state index contributed by atoms with van der Waals surface area (Å²) in [6.07, 6.45) is 0.965. The van der Waals surface area contributed by atoms with Gasteiger partial charge in [0.1, 0.15) is 12.6 Å². The molecule has 0 saturated carbocycles. The number of nitrogens with one attached hydrogen (secondary N) is 1. The zero-order valence-electron chi connectivity index (χ0n) is 25.2. The summed E-state index contributed by atoms with van der Waals surface area (Å²) in [5.74, 6) is -0.820. The number of anilines is 1. The number of halogens is 1. The molecule has 0 aliphatic carbocycles. The van der Waals surface area contributed by atoms with E-state index in [1.165, 1.54) is 19.0 Å². The minimum atomic E-state index is -4.07. The van der Waals surface area contributed by atoms with Crippen LogP contribution >= 0.6 is 11.6 Å². The Morgan fingerprint density at radius 3 is 2.21 bits per heavy atom. The van der Waals surface area contributed by atoms with Crippen LogP contribution in [-0.2, 0) is 32.8 Å². The summed E-state index contributed by atoms with van der Waals surface area (Å²) in [6.45, 7) is 7.12. The SMILES string of the molecule is CCC(C)NC(=O)C(Cc1ccccc1)N(Cc1cccc(Cl)c1)C(=O)CN(c1cc(C)ccc1C)S(=O)(=O)N(C)C. The van der Waals surface area contributed by atoms with Gasteiger partial charge in [0.15, 0.2) is 0 Å². The zero-order valence-corrected chi connectivity index (χ0v) is 26.7. The predicted molar refractivity (Wildman–Crippen MR) is 170 cm³/mol. The molecule has 0 heterocycles. The molecule has 0 fully saturated rings. The molecule has 1 N–H and O–H groups in total. The minimum absolute atomic E-state index is 0.0630. The van der Waals surface area contributed by atoms with E-state index in [1.807, 2.05) is 69.3 Å². The maximum absolute atomic E-state index is 14.4. The molecular formula is C32H41ClN4O4S. The van der Waals surface area contributed by atoms with Gasteiger partial charge in [-0.25, -0.2) is 4.31 Å². The highest BCUT2D eigenvalue weighted by molar-refractivity contribution is 7.90. The van der Waals surface area contributed by atoms with Crippen LogP contribution in [0, 0.1) is 13.8 Å². The fourth-order valence-electron chi connectivity index (χ4n) is 4.52. The fraction of sp³-hybridized carbons (Fsp3) is 0.375. The van der Waals surface area contributed by atoms with Gasteiger partial charge in [-0.1, -0.05) is 73.1 Å². The van der Waals surface area contributed by atoms with Gasteiger partial charge in [0.25, 0.3) is 0 Å². The van der Waals surface area contributed by atoms with Gasteiger partial charge >= 0.3 is 10.2 Å². The van der Waals surface area contributed by atoms with Crippen LogP contribution in [0.15, 0.2) is 72.8 Å². The van der Waals surface area contributed by atoms with Gasteiger partial charge < -0.3 is 10.2 Å². The van der Waals surface area contributed by atoms with Crippen molar-refractivity contribution in [1.29, 1.82) is 0 Å². The molecule has 3 aromatic rings. The number of hydrogen-bond donors (Lipinski definition) is 1. The summed E-state index contributed by atoms with van der Waals surface area (Å²) in [6, 6.07) is 21.0. The average molecular weight is 613 g/mol. The van der Waals surface area contributed by atoms with E-state index in [0.29, 0.717) is 22.7 Å². The molecule has 0 aliphatic rings. The monoisotopic (exact) mass is 612 g/mol. The minimum Gasteiger partial charge on any atom is -0.352 e. The van der Waals surface area contributed by atoms with Crippen molar-refractivity contribution in [2.24, 2.45) is 0 Å². The Bertz CT molecular complexity index is 1480. The number of carbonyl (C=O) groups is 2. The average Bonchev–Trinajstić information content (AvgIpc) is 2.95. The van der Waals surface area contributed by atoms with E-state index < -0.39 is 28.7 Å². The second kappa shape index (κ2) is 14.7. The van der Waals surface area contributed by atoms with Crippen LogP contribution in [0.1, 0.15) is 42.5 Å². The van der Waals surface area contributed by atoms with E-state index in [1.54, 1.807) is 31.2 Å². The number of carbonyl (C=O) groups excluding carboxylic acids is 2. The third-order valence-corrected chi connectivity index (χ3v) is 9.21. The molecule has 2 unspecified atom stereocenters. The Labute approximate surface area is 255 Å². The van der Waals surface area contributed by atoms with Crippen LogP contribution in [0.3, 0.4) is 0 Å². The lowest BCUT2D eigenvalue weighted by atomic mass is 10.0. The summed E-state index contributed by atoms with van der Waals surface area (Å²) in [5.41, 5.74) is 3.56. The summed E-state index contributed by atoms with van der Waals surface area (Å²) in [4.78, 5) is 29.6. The molecule has 0 saturated heterocycles. The summed E-state index contributed by atoms with van der Waals surface area (Å²) < 4.78 is 29.4. The normalized spacial score (nSPS) is 13.0. The topological polar surface area (TPSA) is 90.0 Å². The maximum atomic E-state index is 14.4. The molecule has 0 spiro atoms. The lowest BCUT2D eigenvalue weighted by molar-refractivity contribution is -0.140. The van der Waals surface area contributed by atoms with E-state index in [4.69, 9.17) is 11.6 Å². The van der Waals surface area contributed by atoms with Gasteiger partial charge in [0.2, 0.25) is 11.8 Å². The van der Waals surface area contributed by atoms with Crippen molar-refractivity contribution in [3.63, 3.8) is 0 Å². The van der Waals surface area contributed by atoms with E-state index in [2.05, 4.69) is 5.32 Å². The highest BCUT2D eigenvalue weighted by Gasteiger charge is 2.35. The smallest absolute Gasteiger partial charge is 0.304 e. The molecule has 2 amide bonds. The second-order valence-corrected chi connectivity index (χ2v) is 13.3. The van der Waals surface area contributed by atoms with Crippen molar-refractivity contribution >= 4 is 39.3 Å². The molecule has 0 bridgehead atoms. The molecule has 3 rings (SSSR count). The lowest BCUT2D eigenvalue weighted by Crippen LogP contribution is -2.55. The number of aryl methyl sites for hydroxylation is 2. The van der Waals surface area contributed by atoms with Gasteiger partial charge in [-0.15, -0.1) is 0 Å². The number of benzene rings is 3. The van der Waals surface area contributed by atoms with Crippen molar-refractivity contribution in [3.8, 4) is 0 Å². The van der Waals surface area contributed by atoms with E-state index in [9.17, 15) is 18.0 Å². The van der Waals surface area contributed by atoms with Crippen LogP contribution < -0.4 is 9.62 Å².